The number of nitriles is 1. The average molecular weight is 356 g/mol. The molecular weight excluding hydrogens is 340 g/mol. The number of hydrogen-bond acceptors (Lipinski definition) is 5. The number of aromatic nitrogens is 1. The summed E-state index contributed by atoms with van der Waals surface area (Å²) in [7, 11) is 0. The first kappa shape index (κ1) is 17.8. The van der Waals surface area contributed by atoms with Crippen LogP contribution in [0, 0.1) is 11.3 Å². The van der Waals surface area contributed by atoms with Gasteiger partial charge in [0.25, 0.3) is 5.91 Å². The lowest BCUT2D eigenvalue weighted by Gasteiger charge is -2.09. The minimum absolute atomic E-state index is 0.0236. The van der Waals surface area contributed by atoms with Crippen molar-refractivity contribution in [1.29, 1.82) is 5.26 Å². The fourth-order valence-corrected chi connectivity index (χ4v) is 2.48. The molecule has 1 heterocycles. The van der Waals surface area contributed by atoms with Crippen LogP contribution in [0.3, 0.4) is 0 Å². The van der Waals surface area contributed by atoms with Gasteiger partial charge in [-0.15, -0.1) is 0 Å². The topological polar surface area (TPSA) is 94.9 Å². The summed E-state index contributed by atoms with van der Waals surface area (Å²) in [4.78, 5) is 28.0. The molecule has 0 fully saturated rings. The van der Waals surface area contributed by atoms with Crippen molar-refractivity contribution in [3.8, 4) is 6.07 Å². The second-order valence-corrected chi connectivity index (χ2v) is 5.87. The number of amides is 1. The first-order chi connectivity index (χ1) is 13.0. The fourth-order valence-electron chi connectivity index (χ4n) is 2.48. The Morgan fingerprint density at radius 3 is 2.44 bits per heavy atom. The lowest BCUT2D eigenvalue weighted by atomic mass is 10.1. The number of nitrogens with one attached hydrogen (secondary N) is 2. The zero-order valence-electron chi connectivity index (χ0n) is 14.6. The minimum atomic E-state index is -0.335. The predicted molar refractivity (Wildman–Crippen MR) is 103 cm³/mol. The summed E-state index contributed by atoms with van der Waals surface area (Å²) in [5.41, 5.74) is 3.31. The third kappa shape index (κ3) is 4.55. The maximum absolute atomic E-state index is 12.5. The van der Waals surface area contributed by atoms with Gasteiger partial charge in [0.15, 0.2) is 5.78 Å². The quantitative estimate of drug-likeness (QED) is 0.670. The van der Waals surface area contributed by atoms with Gasteiger partial charge in [-0.1, -0.05) is 18.2 Å². The van der Waals surface area contributed by atoms with Gasteiger partial charge in [-0.25, -0.2) is 0 Å². The van der Waals surface area contributed by atoms with Crippen molar-refractivity contribution in [3.05, 3.63) is 83.7 Å². The van der Waals surface area contributed by atoms with Crippen LogP contribution in [-0.4, -0.2) is 16.7 Å². The zero-order valence-corrected chi connectivity index (χ0v) is 14.6. The van der Waals surface area contributed by atoms with Gasteiger partial charge in [0.05, 0.1) is 29.1 Å². The van der Waals surface area contributed by atoms with E-state index in [4.69, 9.17) is 5.26 Å². The van der Waals surface area contributed by atoms with E-state index in [-0.39, 0.29) is 11.7 Å². The van der Waals surface area contributed by atoms with Crippen molar-refractivity contribution in [2.45, 2.75) is 6.92 Å². The molecule has 0 aliphatic heterocycles. The number of rotatable bonds is 5. The van der Waals surface area contributed by atoms with E-state index in [1.165, 1.54) is 13.1 Å². The number of hydrogen-bond donors (Lipinski definition) is 2. The molecule has 0 saturated carbocycles. The third-order valence-corrected chi connectivity index (χ3v) is 3.81. The summed E-state index contributed by atoms with van der Waals surface area (Å²) < 4.78 is 0. The molecule has 3 aromatic rings. The minimum Gasteiger partial charge on any atom is -0.354 e. The Labute approximate surface area is 156 Å². The molecule has 132 valence electrons. The smallest absolute Gasteiger partial charge is 0.257 e. The number of ketones is 1. The number of anilines is 3. The maximum atomic E-state index is 12.5. The molecule has 0 aliphatic carbocycles. The Balaban J connectivity index is 1.77. The molecule has 2 aromatic carbocycles. The van der Waals surface area contributed by atoms with Crippen LogP contribution in [0.15, 0.2) is 67.0 Å². The SMILES string of the molecule is CC(=O)c1cccc(Nc2cncc(C(=O)Nc3cccc(C#N)c3)c2)c1. The molecule has 0 radical (unpaired) electrons. The van der Waals surface area contributed by atoms with Gasteiger partial charge in [0.2, 0.25) is 0 Å². The third-order valence-electron chi connectivity index (χ3n) is 3.81. The zero-order chi connectivity index (χ0) is 19.2. The normalized spacial score (nSPS) is 9.93. The number of carbonyl (C=O) groups is 2. The average Bonchev–Trinajstić information content (AvgIpc) is 2.68. The van der Waals surface area contributed by atoms with E-state index in [9.17, 15) is 9.59 Å². The number of pyridine rings is 1. The summed E-state index contributed by atoms with van der Waals surface area (Å²) in [6, 6.07) is 17.5. The van der Waals surface area contributed by atoms with E-state index in [1.54, 1.807) is 54.7 Å². The maximum Gasteiger partial charge on any atom is 0.257 e. The molecule has 3 rings (SSSR count). The second-order valence-electron chi connectivity index (χ2n) is 5.87. The Morgan fingerprint density at radius 1 is 0.926 bits per heavy atom. The Morgan fingerprint density at radius 2 is 1.67 bits per heavy atom. The summed E-state index contributed by atoms with van der Waals surface area (Å²) in [5.74, 6) is -0.358. The Bertz CT molecular complexity index is 1050. The lowest BCUT2D eigenvalue weighted by molar-refractivity contribution is 0.101. The van der Waals surface area contributed by atoms with Crippen LogP contribution in [0.1, 0.15) is 33.2 Å². The number of nitrogens with zero attached hydrogens (tertiary/aromatic N) is 2. The molecule has 6 nitrogen and oxygen atoms in total. The molecule has 1 amide bonds. The molecule has 0 spiro atoms. The monoisotopic (exact) mass is 356 g/mol. The highest BCUT2D eigenvalue weighted by atomic mass is 16.1. The van der Waals surface area contributed by atoms with Crippen LogP contribution in [0.25, 0.3) is 0 Å². The highest BCUT2D eigenvalue weighted by molar-refractivity contribution is 6.04. The summed E-state index contributed by atoms with van der Waals surface area (Å²) in [6.07, 6.45) is 3.05. The number of Topliss-reactive ketones (excluding diaryl/α,β-unsaturated/α-hetero) is 1. The molecule has 6 heteroatoms. The van der Waals surface area contributed by atoms with Crippen LogP contribution >= 0.6 is 0 Å². The van der Waals surface area contributed by atoms with Gasteiger partial charge in [-0.2, -0.15) is 5.26 Å². The van der Waals surface area contributed by atoms with E-state index in [0.717, 1.165) is 5.69 Å². The molecule has 2 N–H and O–H groups in total. The van der Waals surface area contributed by atoms with Crippen LogP contribution < -0.4 is 10.6 Å². The standard InChI is InChI=1S/C21H16N4O2/c1-14(26)16-5-3-7-19(9-16)24-20-10-17(12-23-13-20)21(27)25-18-6-2-4-15(8-18)11-22/h2-10,12-13,24H,1H3,(H,25,27). The van der Waals surface area contributed by atoms with Gasteiger partial charge in [0.1, 0.15) is 0 Å². The molecule has 0 aliphatic rings. The van der Waals surface area contributed by atoms with Crippen LogP contribution in [0.2, 0.25) is 0 Å². The number of carbonyl (C=O) groups excluding carboxylic acids is 2. The Kier molecular flexibility index (Phi) is 5.24. The summed E-state index contributed by atoms with van der Waals surface area (Å²) in [5, 5.41) is 14.8. The van der Waals surface area contributed by atoms with E-state index < -0.39 is 0 Å². The van der Waals surface area contributed by atoms with Crippen molar-refractivity contribution >= 4 is 28.8 Å². The highest BCUT2D eigenvalue weighted by Crippen LogP contribution is 2.19. The van der Waals surface area contributed by atoms with E-state index in [1.807, 2.05) is 12.1 Å². The fraction of sp³-hybridized carbons (Fsp3) is 0.0476. The molecule has 27 heavy (non-hydrogen) atoms. The van der Waals surface area contributed by atoms with Crippen molar-refractivity contribution in [2.24, 2.45) is 0 Å². The van der Waals surface area contributed by atoms with Gasteiger partial charge >= 0.3 is 0 Å². The number of benzene rings is 2. The van der Waals surface area contributed by atoms with Crippen molar-refractivity contribution in [2.75, 3.05) is 10.6 Å². The highest BCUT2D eigenvalue weighted by Gasteiger charge is 2.09. The van der Waals surface area contributed by atoms with Gasteiger partial charge < -0.3 is 10.6 Å². The predicted octanol–water partition coefficient (Wildman–Crippen LogP) is 4.15. The molecular formula is C21H16N4O2. The van der Waals surface area contributed by atoms with Crippen molar-refractivity contribution in [1.82, 2.24) is 4.98 Å². The molecule has 0 unspecified atom stereocenters. The van der Waals surface area contributed by atoms with Gasteiger partial charge in [0, 0.05) is 23.1 Å². The summed E-state index contributed by atoms with van der Waals surface area (Å²) in [6.45, 7) is 1.51. The molecule has 0 atom stereocenters. The first-order valence-corrected chi connectivity index (χ1v) is 8.20. The van der Waals surface area contributed by atoms with Crippen molar-refractivity contribution in [3.63, 3.8) is 0 Å². The first-order valence-electron chi connectivity index (χ1n) is 8.20. The molecule has 0 saturated heterocycles. The van der Waals surface area contributed by atoms with Gasteiger partial charge in [-0.05, 0) is 43.3 Å². The molecule has 1 aromatic heterocycles. The van der Waals surface area contributed by atoms with Gasteiger partial charge in [-0.3, -0.25) is 14.6 Å². The Hall–Kier alpha value is -3.98. The van der Waals surface area contributed by atoms with E-state index in [0.29, 0.717) is 28.1 Å². The van der Waals surface area contributed by atoms with Crippen LogP contribution in [-0.2, 0) is 0 Å². The van der Waals surface area contributed by atoms with E-state index in [2.05, 4.69) is 15.6 Å². The molecule has 0 bridgehead atoms. The van der Waals surface area contributed by atoms with E-state index >= 15 is 0 Å². The largest absolute Gasteiger partial charge is 0.354 e. The van der Waals surface area contributed by atoms with Crippen LogP contribution in [0.5, 0.6) is 0 Å². The lowest BCUT2D eigenvalue weighted by Crippen LogP contribution is -2.12. The van der Waals surface area contributed by atoms with Crippen LogP contribution in [0.4, 0.5) is 17.1 Å². The van der Waals surface area contributed by atoms with Crippen molar-refractivity contribution < 1.29 is 9.59 Å². The second kappa shape index (κ2) is 7.93. The summed E-state index contributed by atoms with van der Waals surface area (Å²) >= 11 is 0.